The molecule has 0 aliphatic carbocycles. The highest BCUT2D eigenvalue weighted by atomic mass is 16.5. The predicted molar refractivity (Wildman–Crippen MR) is 74.4 cm³/mol. The van der Waals surface area contributed by atoms with Gasteiger partial charge in [-0.2, -0.15) is 0 Å². The largest absolute Gasteiger partial charge is 0.493 e. The quantitative estimate of drug-likeness (QED) is 0.658. The third kappa shape index (κ3) is 4.94. The molecule has 18 heavy (non-hydrogen) atoms. The molecule has 0 bridgehead atoms. The molecule has 0 heterocycles. The van der Waals surface area contributed by atoms with E-state index in [1.807, 2.05) is 19.2 Å². The molecule has 1 rings (SSSR count). The first-order chi connectivity index (χ1) is 8.81. The van der Waals surface area contributed by atoms with Gasteiger partial charge in [0.2, 0.25) is 0 Å². The van der Waals surface area contributed by atoms with Crippen molar-refractivity contribution >= 4 is 0 Å². The van der Waals surface area contributed by atoms with Gasteiger partial charge in [-0.15, -0.1) is 0 Å². The second-order valence-electron chi connectivity index (χ2n) is 4.18. The molecule has 102 valence electrons. The van der Waals surface area contributed by atoms with Gasteiger partial charge in [-0.3, -0.25) is 0 Å². The summed E-state index contributed by atoms with van der Waals surface area (Å²) in [7, 11) is 5.29. The first kappa shape index (κ1) is 14.8. The molecule has 1 aromatic carbocycles. The van der Waals surface area contributed by atoms with Gasteiger partial charge in [-0.1, -0.05) is 6.07 Å². The highest BCUT2D eigenvalue weighted by Gasteiger charge is 2.03. The summed E-state index contributed by atoms with van der Waals surface area (Å²) in [5, 5.41) is 6.57. The Morgan fingerprint density at radius 2 is 1.72 bits per heavy atom. The SMILES string of the molecule is CNCCCCNCc1ccc(OC)c(OC)c1. The average Bonchev–Trinajstić information content (AvgIpc) is 2.42. The van der Waals surface area contributed by atoms with E-state index in [0.29, 0.717) is 0 Å². The highest BCUT2D eigenvalue weighted by molar-refractivity contribution is 5.42. The van der Waals surface area contributed by atoms with Crippen molar-refractivity contribution in [3.63, 3.8) is 0 Å². The summed E-state index contributed by atoms with van der Waals surface area (Å²) < 4.78 is 10.5. The lowest BCUT2D eigenvalue weighted by atomic mass is 10.2. The molecule has 0 fully saturated rings. The van der Waals surface area contributed by atoms with Crippen molar-refractivity contribution in [2.45, 2.75) is 19.4 Å². The first-order valence-corrected chi connectivity index (χ1v) is 6.38. The van der Waals surface area contributed by atoms with Gasteiger partial charge in [0.1, 0.15) is 0 Å². The number of rotatable bonds is 9. The Bertz CT molecular complexity index is 343. The van der Waals surface area contributed by atoms with Crippen LogP contribution in [0.5, 0.6) is 11.5 Å². The van der Waals surface area contributed by atoms with Gasteiger partial charge < -0.3 is 20.1 Å². The number of ether oxygens (including phenoxy) is 2. The van der Waals surface area contributed by atoms with Crippen LogP contribution >= 0.6 is 0 Å². The van der Waals surface area contributed by atoms with Gasteiger partial charge in [0.25, 0.3) is 0 Å². The Balaban J connectivity index is 2.34. The van der Waals surface area contributed by atoms with Crippen LogP contribution in [0.15, 0.2) is 18.2 Å². The maximum Gasteiger partial charge on any atom is 0.161 e. The fourth-order valence-corrected chi connectivity index (χ4v) is 1.78. The first-order valence-electron chi connectivity index (χ1n) is 6.38. The van der Waals surface area contributed by atoms with Crippen molar-refractivity contribution in [3.8, 4) is 11.5 Å². The molecule has 0 saturated heterocycles. The summed E-state index contributed by atoms with van der Waals surface area (Å²) in [6.07, 6.45) is 2.39. The number of unbranched alkanes of at least 4 members (excludes halogenated alkanes) is 1. The summed E-state index contributed by atoms with van der Waals surface area (Å²) >= 11 is 0. The van der Waals surface area contributed by atoms with Crippen molar-refractivity contribution in [3.05, 3.63) is 23.8 Å². The number of hydrogen-bond acceptors (Lipinski definition) is 4. The van der Waals surface area contributed by atoms with Gasteiger partial charge in [-0.05, 0) is 50.7 Å². The summed E-state index contributed by atoms with van der Waals surface area (Å²) in [4.78, 5) is 0. The standard InChI is InChI=1S/C14H24N2O2/c1-15-8-4-5-9-16-11-12-6-7-13(17-2)14(10-12)18-3/h6-7,10,15-16H,4-5,8-9,11H2,1-3H3. The Hall–Kier alpha value is -1.26. The molecule has 0 aliphatic rings. The van der Waals surface area contributed by atoms with Crippen LogP contribution in [0.1, 0.15) is 18.4 Å². The van der Waals surface area contributed by atoms with Crippen molar-refractivity contribution in [2.75, 3.05) is 34.4 Å². The normalized spacial score (nSPS) is 10.4. The summed E-state index contributed by atoms with van der Waals surface area (Å²) in [6.45, 7) is 2.98. The zero-order valence-corrected chi connectivity index (χ0v) is 11.6. The third-order valence-corrected chi connectivity index (χ3v) is 2.81. The molecular formula is C14H24N2O2. The highest BCUT2D eigenvalue weighted by Crippen LogP contribution is 2.27. The maximum atomic E-state index is 5.28. The van der Waals surface area contributed by atoms with Crippen LogP contribution < -0.4 is 20.1 Å². The molecule has 1 aromatic rings. The van der Waals surface area contributed by atoms with E-state index in [1.54, 1.807) is 14.2 Å². The van der Waals surface area contributed by atoms with Crippen LogP contribution in [-0.4, -0.2) is 34.4 Å². The number of methoxy groups -OCH3 is 2. The van der Waals surface area contributed by atoms with Crippen molar-refractivity contribution in [1.82, 2.24) is 10.6 Å². The minimum absolute atomic E-state index is 0.773. The van der Waals surface area contributed by atoms with Gasteiger partial charge in [0, 0.05) is 6.54 Å². The molecule has 0 aromatic heterocycles. The summed E-state index contributed by atoms with van der Waals surface area (Å²) in [5.41, 5.74) is 1.21. The van der Waals surface area contributed by atoms with Gasteiger partial charge >= 0.3 is 0 Å². The van der Waals surface area contributed by atoms with Crippen LogP contribution in [0.3, 0.4) is 0 Å². The minimum atomic E-state index is 0.773. The summed E-state index contributed by atoms with van der Waals surface area (Å²) in [6, 6.07) is 6.01. The number of benzene rings is 1. The molecule has 0 aliphatic heterocycles. The van der Waals surface area contributed by atoms with Crippen LogP contribution in [0.2, 0.25) is 0 Å². The molecule has 2 N–H and O–H groups in total. The minimum Gasteiger partial charge on any atom is -0.493 e. The van der Waals surface area contributed by atoms with Crippen LogP contribution in [-0.2, 0) is 6.54 Å². The molecule has 4 heteroatoms. The topological polar surface area (TPSA) is 42.5 Å². The van der Waals surface area contributed by atoms with E-state index >= 15 is 0 Å². The van der Waals surface area contributed by atoms with E-state index in [1.165, 1.54) is 18.4 Å². The lowest BCUT2D eigenvalue weighted by Gasteiger charge is -2.10. The van der Waals surface area contributed by atoms with E-state index in [9.17, 15) is 0 Å². The fraction of sp³-hybridized carbons (Fsp3) is 0.571. The fourth-order valence-electron chi connectivity index (χ4n) is 1.78. The second-order valence-corrected chi connectivity index (χ2v) is 4.18. The molecule has 4 nitrogen and oxygen atoms in total. The molecule has 0 atom stereocenters. The van der Waals surface area contributed by atoms with Crippen LogP contribution in [0.25, 0.3) is 0 Å². The Morgan fingerprint density at radius 3 is 2.39 bits per heavy atom. The lowest BCUT2D eigenvalue weighted by Crippen LogP contribution is -2.16. The van der Waals surface area contributed by atoms with Crippen LogP contribution in [0.4, 0.5) is 0 Å². The van der Waals surface area contributed by atoms with E-state index in [0.717, 1.165) is 31.1 Å². The molecule has 0 amide bonds. The molecule has 0 saturated carbocycles. The van der Waals surface area contributed by atoms with Crippen molar-refractivity contribution in [1.29, 1.82) is 0 Å². The number of hydrogen-bond donors (Lipinski definition) is 2. The molecule has 0 radical (unpaired) electrons. The summed E-state index contributed by atoms with van der Waals surface area (Å²) in [5.74, 6) is 1.56. The predicted octanol–water partition coefficient (Wildman–Crippen LogP) is 1.79. The van der Waals surface area contributed by atoms with Gasteiger partial charge in [-0.25, -0.2) is 0 Å². The average molecular weight is 252 g/mol. The second kappa shape index (κ2) is 8.78. The molecule has 0 unspecified atom stereocenters. The Morgan fingerprint density at radius 1 is 1.00 bits per heavy atom. The zero-order chi connectivity index (χ0) is 13.2. The molecule has 0 spiro atoms. The van der Waals surface area contributed by atoms with Gasteiger partial charge in [0.15, 0.2) is 11.5 Å². The Kier molecular flexibility index (Phi) is 7.22. The Labute approximate surface area is 110 Å². The molecular weight excluding hydrogens is 228 g/mol. The van der Waals surface area contributed by atoms with Gasteiger partial charge in [0.05, 0.1) is 14.2 Å². The van der Waals surface area contributed by atoms with E-state index in [2.05, 4.69) is 16.7 Å². The number of nitrogens with one attached hydrogen (secondary N) is 2. The van der Waals surface area contributed by atoms with Crippen LogP contribution in [0, 0.1) is 0 Å². The van der Waals surface area contributed by atoms with E-state index in [-0.39, 0.29) is 0 Å². The monoisotopic (exact) mass is 252 g/mol. The van der Waals surface area contributed by atoms with E-state index in [4.69, 9.17) is 9.47 Å². The van der Waals surface area contributed by atoms with Crippen molar-refractivity contribution in [2.24, 2.45) is 0 Å². The third-order valence-electron chi connectivity index (χ3n) is 2.81. The smallest absolute Gasteiger partial charge is 0.161 e. The maximum absolute atomic E-state index is 5.28. The van der Waals surface area contributed by atoms with Crippen molar-refractivity contribution < 1.29 is 9.47 Å². The lowest BCUT2D eigenvalue weighted by molar-refractivity contribution is 0.354. The zero-order valence-electron chi connectivity index (χ0n) is 11.6. The van der Waals surface area contributed by atoms with E-state index < -0.39 is 0 Å².